The van der Waals surface area contributed by atoms with Gasteiger partial charge >= 0.3 is 0 Å². The van der Waals surface area contributed by atoms with Crippen LogP contribution in [0.25, 0.3) is 11.1 Å². The lowest BCUT2D eigenvalue weighted by atomic mass is 10.0. The highest BCUT2D eigenvalue weighted by atomic mass is 28.3. The molecular weight excluding hydrogens is 332 g/mol. The van der Waals surface area contributed by atoms with Crippen molar-refractivity contribution >= 4 is 13.3 Å². The van der Waals surface area contributed by atoms with Crippen LogP contribution in [0.1, 0.15) is 25.8 Å². The van der Waals surface area contributed by atoms with Crippen molar-refractivity contribution in [1.29, 1.82) is 0 Å². The van der Waals surface area contributed by atoms with Crippen LogP contribution >= 0.6 is 0 Å². The maximum atomic E-state index is 6.02. The predicted octanol–water partition coefficient (Wildman–Crippen LogP) is 6.04. The SMILES string of the molecule is COc1c(-c2ccccc2)cc(C)cc1[Si](C)(C)C1=C(C(C)C)C=CC1. The molecule has 136 valence electrons. The molecule has 1 nitrogen and oxygen atoms in total. The Labute approximate surface area is 159 Å². The largest absolute Gasteiger partial charge is 0.496 e. The molecular formula is C24H30OSi. The van der Waals surface area contributed by atoms with Crippen molar-refractivity contribution in [3.8, 4) is 16.9 Å². The summed E-state index contributed by atoms with van der Waals surface area (Å²) in [4.78, 5) is 0. The minimum absolute atomic E-state index is 0.569. The van der Waals surface area contributed by atoms with Gasteiger partial charge in [0.1, 0.15) is 13.8 Å². The zero-order chi connectivity index (χ0) is 18.9. The zero-order valence-corrected chi connectivity index (χ0v) is 17.9. The van der Waals surface area contributed by atoms with Crippen LogP contribution < -0.4 is 9.92 Å². The molecule has 0 aromatic heterocycles. The Hall–Kier alpha value is -2.06. The molecule has 0 aliphatic heterocycles. The van der Waals surface area contributed by atoms with E-state index in [1.807, 2.05) is 7.11 Å². The molecule has 3 rings (SSSR count). The Kier molecular flexibility index (Phi) is 5.24. The van der Waals surface area contributed by atoms with Gasteiger partial charge in [0.25, 0.3) is 0 Å². The van der Waals surface area contributed by atoms with Gasteiger partial charge in [0.2, 0.25) is 0 Å². The number of ether oxygens (including phenoxy) is 1. The average Bonchev–Trinajstić information content (AvgIpc) is 3.12. The van der Waals surface area contributed by atoms with E-state index in [2.05, 4.69) is 88.5 Å². The van der Waals surface area contributed by atoms with Crippen LogP contribution in [-0.2, 0) is 0 Å². The van der Waals surface area contributed by atoms with Gasteiger partial charge in [-0.1, -0.05) is 86.3 Å². The van der Waals surface area contributed by atoms with Crippen LogP contribution in [0.5, 0.6) is 5.75 Å². The fourth-order valence-corrected chi connectivity index (χ4v) is 7.57. The standard InChI is InChI=1S/C24H30OSi/c1-17(2)20-13-10-14-22(20)26(5,6)23-16-18(3)15-21(24(23)25-4)19-11-8-7-9-12-19/h7-13,15-17H,14H2,1-6H3. The molecule has 0 radical (unpaired) electrons. The first-order valence-corrected chi connectivity index (χ1v) is 12.5. The Bertz CT molecular complexity index is 857. The van der Waals surface area contributed by atoms with Crippen LogP contribution in [0.2, 0.25) is 13.1 Å². The Morgan fingerprint density at radius 2 is 1.73 bits per heavy atom. The van der Waals surface area contributed by atoms with Crippen molar-refractivity contribution < 1.29 is 4.74 Å². The minimum Gasteiger partial charge on any atom is -0.496 e. The van der Waals surface area contributed by atoms with Gasteiger partial charge in [-0.05, 0) is 41.7 Å². The Balaban J connectivity index is 2.22. The van der Waals surface area contributed by atoms with E-state index in [4.69, 9.17) is 4.74 Å². The Morgan fingerprint density at radius 3 is 2.35 bits per heavy atom. The van der Waals surface area contributed by atoms with E-state index in [0.29, 0.717) is 5.92 Å². The second-order valence-electron chi connectivity index (χ2n) is 8.08. The molecule has 0 saturated heterocycles. The number of allylic oxidation sites excluding steroid dienone is 4. The number of hydrogen-bond acceptors (Lipinski definition) is 1. The second kappa shape index (κ2) is 7.28. The molecule has 1 aliphatic carbocycles. The third-order valence-electron chi connectivity index (χ3n) is 5.54. The van der Waals surface area contributed by atoms with Crippen molar-refractivity contribution in [3.63, 3.8) is 0 Å². The van der Waals surface area contributed by atoms with Crippen LogP contribution in [-0.4, -0.2) is 15.2 Å². The lowest BCUT2D eigenvalue weighted by Crippen LogP contribution is -2.45. The molecule has 2 heteroatoms. The summed E-state index contributed by atoms with van der Waals surface area (Å²) in [5, 5.41) is 3.06. The number of rotatable bonds is 5. The molecule has 0 saturated carbocycles. The summed E-state index contributed by atoms with van der Waals surface area (Å²) in [5.41, 5.74) is 5.27. The van der Waals surface area contributed by atoms with Crippen molar-refractivity contribution in [1.82, 2.24) is 0 Å². The highest BCUT2D eigenvalue weighted by Crippen LogP contribution is 2.37. The molecule has 0 N–H and O–H groups in total. The van der Waals surface area contributed by atoms with Crippen molar-refractivity contribution in [2.45, 2.75) is 40.3 Å². The molecule has 0 bridgehead atoms. The van der Waals surface area contributed by atoms with Crippen molar-refractivity contribution in [3.05, 3.63) is 70.9 Å². The first kappa shape index (κ1) is 18.7. The molecule has 0 fully saturated rings. The third-order valence-corrected chi connectivity index (χ3v) is 9.26. The van der Waals surface area contributed by atoms with Crippen molar-refractivity contribution in [2.24, 2.45) is 5.92 Å². The Morgan fingerprint density at radius 1 is 1.04 bits per heavy atom. The van der Waals surface area contributed by atoms with E-state index >= 15 is 0 Å². The lowest BCUT2D eigenvalue weighted by Gasteiger charge is -2.30. The smallest absolute Gasteiger partial charge is 0.126 e. The molecule has 26 heavy (non-hydrogen) atoms. The number of benzene rings is 2. The molecule has 0 spiro atoms. The molecule has 0 amide bonds. The van der Waals surface area contributed by atoms with E-state index < -0.39 is 8.07 Å². The lowest BCUT2D eigenvalue weighted by molar-refractivity contribution is 0.419. The normalized spacial score (nSPS) is 14.4. The highest BCUT2D eigenvalue weighted by Gasteiger charge is 2.35. The zero-order valence-electron chi connectivity index (χ0n) is 16.9. The maximum absolute atomic E-state index is 6.02. The minimum atomic E-state index is -1.84. The molecule has 0 atom stereocenters. The summed E-state index contributed by atoms with van der Waals surface area (Å²) < 4.78 is 6.02. The van der Waals surface area contributed by atoms with Gasteiger partial charge in [-0.3, -0.25) is 0 Å². The predicted molar refractivity (Wildman–Crippen MR) is 116 cm³/mol. The molecule has 1 aliphatic rings. The number of methoxy groups -OCH3 is 1. The van der Waals surface area contributed by atoms with Crippen LogP contribution in [0.4, 0.5) is 0 Å². The maximum Gasteiger partial charge on any atom is 0.126 e. The van der Waals surface area contributed by atoms with Gasteiger partial charge in [0.15, 0.2) is 0 Å². The van der Waals surface area contributed by atoms with E-state index in [1.165, 1.54) is 27.5 Å². The summed E-state index contributed by atoms with van der Waals surface area (Å²) in [6.45, 7) is 11.8. The summed E-state index contributed by atoms with van der Waals surface area (Å²) in [6, 6.07) is 15.2. The molecule has 2 aromatic rings. The average molecular weight is 363 g/mol. The van der Waals surface area contributed by atoms with Gasteiger partial charge in [-0.25, -0.2) is 0 Å². The van der Waals surface area contributed by atoms with Crippen molar-refractivity contribution in [2.75, 3.05) is 7.11 Å². The van der Waals surface area contributed by atoms with E-state index in [0.717, 1.165) is 12.2 Å². The topological polar surface area (TPSA) is 9.23 Å². The molecule has 0 unspecified atom stereocenters. The highest BCUT2D eigenvalue weighted by molar-refractivity contribution is 6.96. The van der Waals surface area contributed by atoms with Gasteiger partial charge in [0.05, 0.1) is 7.11 Å². The van der Waals surface area contributed by atoms with Gasteiger partial charge in [-0.2, -0.15) is 0 Å². The van der Waals surface area contributed by atoms with Gasteiger partial charge in [-0.15, -0.1) is 0 Å². The summed E-state index contributed by atoms with van der Waals surface area (Å²) in [7, 11) is -0.0261. The van der Waals surface area contributed by atoms with Crippen LogP contribution in [0, 0.1) is 12.8 Å². The van der Waals surface area contributed by atoms with E-state index in [-0.39, 0.29) is 0 Å². The first-order chi connectivity index (χ1) is 12.4. The summed E-state index contributed by atoms with van der Waals surface area (Å²) >= 11 is 0. The van der Waals surface area contributed by atoms with E-state index in [9.17, 15) is 0 Å². The number of aryl methyl sites for hydroxylation is 1. The second-order valence-corrected chi connectivity index (χ2v) is 12.5. The third kappa shape index (κ3) is 3.31. The molecule has 2 aromatic carbocycles. The van der Waals surface area contributed by atoms with Gasteiger partial charge < -0.3 is 4.74 Å². The van der Waals surface area contributed by atoms with Crippen LogP contribution in [0.3, 0.4) is 0 Å². The summed E-state index contributed by atoms with van der Waals surface area (Å²) in [5.74, 6) is 1.63. The fourth-order valence-electron chi connectivity index (χ4n) is 4.13. The fraction of sp³-hybridized carbons (Fsp3) is 0.333. The first-order valence-electron chi connectivity index (χ1n) is 9.50. The molecule has 0 heterocycles. The number of hydrogen-bond donors (Lipinski definition) is 0. The summed E-state index contributed by atoms with van der Waals surface area (Å²) in [6.07, 6.45) is 5.76. The van der Waals surface area contributed by atoms with Gasteiger partial charge in [0, 0.05) is 5.56 Å². The van der Waals surface area contributed by atoms with E-state index in [1.54, 1.807) is 5.20 Å². The quantitative estimate of drug-likeness (QED) is 0.589. The monoisotopic (exact) mass is 362 g/mol. The van der Waals surface area contributed by atoms with Crippen LogP contribution in [0.15, 0.2) is 65.4 Å².